The van der Waals surface area contributed by atoms with Gasteiger partial charge in [0.1, 0.15) is 0 Å². The second-order valence-electron chi connectivity index (χ2n) is 20.1. The zero-order valence-corrected chi connectivity index (χ0v) is 42.9. The van der Waals surface area contributed by atoms with Crippen molar-refractivity contribution in [2.24, 2.45) is 0 Å². The molecule has 0 radical (unpaired) electrons. The Hall–Kier alpha value is -9.18. The number of fused-ring (bicyclic) bond motifs is 11. The highest BCUT2D eigenvalue weighted by atomic mass is 32.1. The Bertz CT molecular complexity index is 5030. The predicted molar refractivity (Wildman–Crippen MR) is 332 cm³/mol. The lowest BCUT2D eigenvalue weighted by molar-refractivity contribution is 1.61. The lowest BCUT2D eigenvalue weighted by Gasteiger charge is -2.21. The number of rotatable bonds is 6. The summed E-state index contributed by atoms with van der Waals surface area (Å²) in [5.41, 5.74) is 14.9. The van der Waals surface area contributed by atoms with E-state index in [9.17, 15) is 0 Å². The zero-order chi connectivity index (χ0) is 49.8. The fourth-order valence-electron chi connectivity index (χ4n) is 12.7. The SMILES string of the molecule is c1ccc(-c2ccc(-c3c4ccccc4c(-c4cccc5sc6ccccc6c45)c4ccc(-c5ccc6c(-c7cccc8ccccc78)c7ccccc7c(-c7cccc8c7sc7ccccc78)c6c5)cc34)cc2)cc1. The van der Waals surface area contributed by atoms with Crippen LogP contribution in [0, 0.1) is 0 Å². The van der Waals surface area contributed by atoms with Gasteiger partial charge in [-0.15, -0.1) is 22.7 Å². The molecule has 2 heterocycles. The largest absolute Gasteiger partial charge is 0.135 e. The number of thiophene rings is 2. The van der Waals surface area contributed by atoms with E-state index in [4.69, 9.17) is 0 Å². The zero-order valence-electron chi connectivity index (χ0n) is 41.2. The fourth-order valence-corrected chi connectivity index (χ4v) is 15.1. The van der Waals surface area contributed by atoms with E-state index in [0.29, 0.717) is 0 Å². The predicted octanol–water partition coefficient (Wildman–Crippen LogP) is 22.2. The van der Waals surface area contributed by atoms with Crippen LogP contribution in [-0.4, -0.2) is 0 Å². The van der Waals surface area contributed by atoms with E-state index in [1.54, 1.807) is 0 Å². The highest BCUT2D eigenvalue weighted by molar-refractivity contribution is 7.26. The Morgan fingerprint density at radius 3 is 1.33 bits per heavy atom. The second kappa shape index (κ2) is 17.2. The van der Waals surface area contributed by atoms with Crippen LogP contribution in [0.1, 0.15) is 0 Å². The van der Waals surface area contributed by atoms with Crippen molar-refractivity contribution in [3.63, 3.8) is 0 Å². The minimum absolute atomic E-state index is 1.18. The van der Waals surface area contributed by atoms with Crippen molar-refractivity contribution < 1.29 is 0 Å². The van der Waals surface area contributed by atoms with E-state index in [2.05, 4.69) is 267 Å². The molecule has 0 saturated carbocycles. The average Bonchev–Trinajstić information content (AvgIpc) is 4.12. The summed E-state index contributed by atoms with van der Waals surface area (Å²) in [6.07, 6.45) is 0. The maximum Gasteiger partial charge on any atom is 0.0434 e. The van der Waals surface area contributed by atoms with Gasteiger partial charge in [0.05, 0.1) is 0 Å². The van der Waals surface area contributed by atoms with Gasteiger partial charge in [-0.1, -0.05) is 237 Å². The van der Waals surface area contributed by atoms with Gasteiger partial charge in [0.2, 0.25) is 0 Å². The number of hydrogen-bond acceptors (Lipinski definition) is 2. The van der Waals surface area contributed by atoms with E-state index in [-0.39, 0.29) is 0 Å². The molecule has 0 bridgehead atoms. The van der Waals surface area contributed by atoms with E-state index in [0.717, 1.165) is 0 Å². The molecule has 0 unspecified atom stereocenters. The second-order valence-corrected chi connectivity index (χ2v) is 22.3. The third-order valence-electron chi connectivity index (χ3n) is 16.1. The summed E-state index contributed by atoms with van der Waals surface area (Å²) in [5, 5.41) is 17.7. The quantitative estimate of drug-likeness (QED) is 0.146. The Morgan fingerprint density at radius 2 is 0.618 bits per heavy atom. The summed E-state index contributed by atoms with van der Waals surface area (Å²) in [4.78, 5) is 0. The molecule has 2 heteroatoms. The molecule has 352 valence electrons. The molecule has 0 N–H and O–H groups in total. The highest BCUT2D eigenvalue weighted by Crippen LogP contribution is 2.52. The number of hydrogen-bond donors (Lipinski definition) is 0. The fraction of sp³-hybridized carbons (Fsp3) is 0. The molecule has 2 aromatic heterocycles. The molecular formula is C74H44S2. The number of benzene rings is 14. The van der Waals surface area contributed by atoms with Crippen LogP contribution >= 0.6 is 22.7 Å². The van der Waals surface area contributed by atoms with Crippen molar-refractivity contribution in [1.29, 1.82) is 0 Å². The summed E-state index contributed by atoms with van der Waals surface area (Å²) in [6, 6.07) is 100. The third kappa shape index (κ3) is 6.61. The van der Waals surface area contributed by atoms with Crippen molar-refractivity contribution in [1.82, 2.24) is 0 Å². The van der Waals surface area contributed by atoms with Gasteiger partial charge in [-0.2, -0.15) is 0 Å². The van der Waals surface area contributed by atoms with Crippen LogP contribution in [0.15, 0.2) is 267 Å². The Labute approximate surface area is 447 Å². The molecule has 16 aromatic rings. The van der Waals surface area contributed by atoms with Crippen LogP contribution in [0.25, 0.3) is 161 Å². The van der Waals surface area contributed by atoms with Crippen LogP contribution in [0.5, 0.6) is 0 Å². The molecular weight excluding hydrogens is 953 g/mol. The average molecular weight is 997 g/mol. The van der Waals surface area contributed by atoms with Gasteiger partial charge in [0.15, 0.2) is 0 Å². The van der Waals surface area contributed by atoms with E-state index < -0.39 is 0 Å². The van der Waals surface area contributed by atoms with Crippen LogP contribution in [-0.2, 0) is 0 Å². The van der Waals surface area contributed by atoms with Crippen molar-refractivity contribution in [2.75, 3.05) is 0 Å². The molecule has 0 atom stereocenters. The van der Waals surface area contributed by atoms with Crippen molar-refractivity contribution >= 4 is 117 Å². The van der Waals surface area contributed by atoms with Crippen LogP contribution in [0.2, 0.25) is 0 Å². The molecule has 0 saturated heterocycles. The molecule has 76 heavy (non-hydrogen) atoms. The monoisotopic (exact) mass is 996 g/mol. The molecule has 0 aliphatic rings. The first-order valence-electron chi connectivity index (χ1n) is 26.1. The Morgan fingerprint density at radius 1 is 0.197 bits per heavy atom. The van der Waals surface area contributed by atoms with Crippen molar-refractivity contribution in [3.8, 4) is 66.8 Å². The van der Waals surface area contributed by atoms with Crippen LogP contribution < -0.4 is 0 Å². The summed E-state index contributed by atoms with van der Waals surface area (Å²) >= 11 is 3.79. The van der Waals surface area contributed by atoms with Gasteiger partial charge in [0, 0.05) is 45.9 Å². The van der Waals surface area contributed by atoms with E-state index in [1.165, 1.54) is 161 Å². The Balaban J connectivity index is 1.01. The topological polar surface area (TPSA) is 0 Å². The lowest BCUT2D eigenvalue weighted by atomic mass is 9.82. The highest BCUT2D eigenvalue weighted by Gasteiger charge is 2.24. The van der Waals surface area contributed by atoms with Crippen molar-refractivity contribution in [2.45, 2.75) is 0 Å². The molecule has 0 nitrogen and oxygen atoms in total. The minimum atomic E-state index is 1.18. The molecule has 0 spiro atoms. The molecule has 0 aliphatic heterocycles. The first kappa shape index (κ1) is 43.2. The maximum atomic E-state index is 2.51. The smallest absolute Gasteiger partial charge is 0.0434 e. The molecule has 0 aliphatic carbocycles. The van der Waals surface area contributed by atoms with Gasteiger partial charge in [0.25, 0.3) is 0 Å². The first-order valence-corrected chi connectivity index (χ1v) is 27.8. The minimum Gasteiger partial charge on any atom is -0.135 e. The molecule has 0 fully saturated rings. The van der Waals surface area contributed by atoms with Gasteiger partial charge >= 0.3 is 0 Å². The van der Waals surface area contributed by atoms with E-state index in [1.807, 2.05) is 22.7 Å². The molecule has 14 aromatic carbocycles. The van der Waals surface area contributed by atoms with Gasteiger partial charge < -0.3 is 0 Å². The maximum absolute atomic E-state index is 2.51. The van der Waals surface area contributed by atoms with Crippen LogP contribution in [0.4, 0.5) is 0 Å². The van der Waals surface area contributed by atoms with Crippen LogP contribution in [0.3, 0.4) is 0 Å². The Kier molecular flexibility index (Phi) is 9.78. The molecule has 16 rings (SSSR count). The standard InChI is InChI=1S/C74H44S2/c1-2-17-45(18-3-1)46-35-37-48(38-36-46)69-54-23-6-7-24-55(54)71(62-30-16-34-68-73(62)61-27-11-13-33-67(61)75-68)58-41-39-49(43-64(58)69)50-40-42-59-65(44-50)72(63-31-15-29-60-52-22-10-12-32-66(52)76-74(60)63)57-26-9-8-25-56(57)70(59)53-28-14-20-47-19-4-5-21-51(47)53/h1-44H. The summed E-state index contributed by atoms with van der Waals surface area (Å²) in [6.45, 7) is 0. The normalized spacial score (nSPS) is 11.9. The van der Waals surface area contributed by atoms with E-state index >= 15 is 0 Å². The summed E-state index contributed by atoms with van der Waals surface area (Å²) in [5.74, 6) is 0. The molecule has 0 amide bonds. The van der Waals surface area contributed by atoms with Gasteiger partial charge in [-0.05, 0) is 145 Å². The van der Waals surface area contributed by atoms with Gasteiger partial charge in [-0.25, -0.2) is 0 Å². The van der Waals surface area contributed by atoms with Gasteiger partial charge in [-0.3, -0.25) is 0 Å². The van der Waals surface area contributed by atoms with Crippen molar-refractivity contribution in [3.05, 3.63) is 267 Å². The summed E-state index contributed by atoms with van der Waals surface area (Å²) < 4.78 is 5.25. The third-order valence-corrected chi connectivity index (χ3v) is 18.4. The first-order chi connectivity index (χ1) is 37.7. The lowest BCUT2D eigenvalue weighted by Crippen LogP contribution is -1.94. The summed E-state index contributed by atoms with van der Waals surface area (Å²) in [7, 11) is 0.